The molecule has 4 nitrogen and oxygen atoms in total. The second-order valence-electron chi connectivity index (χ2n) is 2.95. The summed E-state index contributed by atoms with van der Waals surface area (Å²) in [4.78, 5) is 32.2. The molecule has 66 valence electrons. The molecule has 12 heavy (non-hydrogen) atoms. The molecule has 0 radical (unpaired) electrons. The molecule has 0 saturated heterocycles. The number of Topliss-reactive ketones (excluding diaryl/α,β-unsaturated/α-hetero) is 2. The van der Waals surface area contributed by atoms with Crippen LogP contribution in [-0.4, -0.2) is 22.6 Å². The lowest BCUT2D eigenvalue weighted by Crippen LogP contribution is -2.21. The van der Waals surface area contributed by atoms with Gasteiger partial charge in [-0.15, -0.1) is 0 Å². The van der Waals surface area contributed by atoms with Gasteiger partial charge in [-0.05, 0) is 12.8 Å². The molecule has 0 aliphatic heterocycles. The smallest absolute Gasteiger partial charge is 0.310 e. The maximum atomic E-state index is 11.1. The van der Waals surface area contributed by atoms with E-state index < -0.39 is 24.1 Å². The standard InChI is InChI=1S/C8H10O4/c9-6-3-1-2-5(6)7(10)4-8(11)12/h5H,1-4H2,(H,11,12). The number of carboxylic acid groups (broad SMARTS) is 1. The Kier molecular flexibility index (Phi) is 2.58. The van der Waals surface area contributed by atoms with Crippen LogP contribution in [0.15, 0.2) is 0 Å². The van der Waals surface area contributed by atoms with Gasteiger partial charge in [0.1, 0.15) is 12.2 Å². The van der Waals surface area contributed by atoms with E-state index in [-0.39, 0.29) is 5.78 Å². The second kappa shape index (κ2) is 3.47. The third-order valence-electron chi connectivity index (χ3n) is 2.02. The molecule has 0 bridgehead atoms. The fourth-order valence-corrected chi connectivity index (χ4v) is 1.43. The Hall–Kier alpha value is -1.19. The maximum Gasteiger partial charge on any atom is 0.310 e. The first kappa shape index (κ1) is 8.90. The molecule has 1 aliphatic rings. The first-order valence-corrected chi connectivity index (χ1v) is 3.88. The lowest BCUT2D eigenvalue weighted by Gasteiger charge is -2.02. The second-order valence-corrected chi connectivity index (χ2v) is 2.95. The number of hydrogen-bond acceptors (Lipinski definition) is 3. The summed E-state index contributed by atoms with van der Waals surface area (Å²) in [5.74, 6) is -2.31. The van der Waals surface area contributed by atoms with E-state index in [0.717, 1.165) is 6.42 Å². The Bertz CT molecular complexity index is 231. The molecule has 1 unspecified atom stereocenters. The summed E-state index contributed by atoms with van der Waals surface area (Å²) in [6, 6.07) is 0. The Balaban J connectivity index is 2.52. The average molecular weight is 170 g/mol. The Morgan fingerprint density at radius 3 is 2.58 bits per heavy atom. The predicted molar refractivity (Wildman–Crippen MR) is 39.6 cm³/mol. The van der Waals surface area contributed by atoms with Crippen LogP contribution in [0.4, 0.5) is 0 Å². The third kappa shape index (κ3) is 1.90. The molecule has 1 fully saturated rings. The van der Waals surface area contributed by atoms with Crippen molar-refractivity contribution in [1.82, 2.24) is 0 Å². The number of hydrogen-bond donors (Lipinski definition) is 1. The predicted octanol–water partition coefficient (Wildman–Crippen LogP) is 0.399. The first-order valence-electron chi connectivity index (χ1n) is 3.88. The minimum Gasteiger partial charge on any atom is -0.481 e. The first-order chi connectivity index (χ1) is 5.61. The van der Waals surface area contributed by atoms with Gasteiger partial charge in [-0.2, -0.15) is 0 Å². The normalized spacial score (nSPS) is 22.7. The molecule has 4 heteroatoms. The van der Waals surface area contributed by atoms with E-state index in [2.05, 4.69) is 0 Å². The minimum atomic E-state index is -1.15. The number of rotatable bonds is 3. The van der Waals surface area contributed by atoms with E-state index >= 15 is 0 Å². The van der Waals surface area contributed by atoms with Gasteiger partial charge in [0.15, 0.2) is 5.78 Å². The van der Waals surface area contributed by atoms with E-state index in [4.69, 9.17) is 5.11 Å². The van der Waals surface area contributed by atoms with Crippen LogP contribution >= 0.6 is 0 Å². The monoisotopic (exact) mass is 170 g/mol. The molecular formula is C8H10O4. The van der Waals surface area contributed by atoms with Crippen LogP contribution in [-0.2, 0) is 14.4 Å². The number of carbonyl (C=O) groups is 3. The lowest BCUT2D eigenvalue weighted by molar-refractivity contribution is -0.141. The zero-order valence-corrected chi connectivity index (χ0v) is 6.58. The van der Waals surface area contributed by atoms with Crippen LogP contribution in [0, 0.1) is 5.92 Å². The van der Waals surface area contributed by atoms with Crippen molar-refractivity contribution in [2.45, 2.75) is 25.7 Å². The van der Waals surface area contributed by atoms with Gasteiger partial charge in [-0.1, -0.05) is 0 Å². The molecule has 1 atom stereocenters. The summed E-state index contributed by atoms with van der Waals surface area (Å²) in [6.07, 6.45) is 1.16. The zero-order valence-electron chi connectivity index (χ0n) is 6.58. The van der Waals surface area contributed by atoms with Gasteiger partial charge in [-0.25, -0.2) is 0 Å². The zero-order chi connectivity index (χ0) is 9.14. The number of carboxylic acids is 1. The largest absolute Gasteiger partial charge is 0.481 e. The summed E-state index contributed by atoms with van der Waals surface area (Å²) >= 11 is 0. The molecule has 0 aromatic heterocycles. The highest BCUT2D eigenvalue weighted by Crippen LogP contribution is 2.22. The molecule has 0 spiro atoms. The maximum absolute atomic E-state index is 11.1. The van der Waals surface area contributed by atoms with Gasteiger partial charge in [0, 0.05) is 6.42 Å². The molecular weight excluding hydrogens is 160 g/mol. The van der Waals surface area contributed by atoms with Crippen molar-refractivity contribution in [2.75, 3.05) is 0 Å². The van der Waals surface area contributed by atoms with Crippen molar-refractivity contribution in [2.24, 2.45) is 5.92 Å². The molecule has 1 rings (SSSR count). The summed E-state index contributed by atoms with van der Waals surface area (Å²) in [5.41, 5.74) is 0. The molecule has 1 N–H and O–H groups in total. The highest BCUT2D eigenvalue weighted by atomic mass is 16.4. The van der Waals surface area contributed by atoms with Crippen molar-refractivity contribution in [3.63, 3.8) is 0 Å². The van der Waals surface area contributed by atoms with Crippen molar-refractivity contribution in [1.29, 1.82) is 0 Å². The Labute approximate surface area is 69.6 Å². The molecule has 0 aromatic carbocycles. The number of aliphatic carboxylic acids is 1. The molecule has 1 saturated carbocycles. The Morgan fingerprint density at radius 2 is 2.17 bits per heavy atom. The molecule has 0 heterocycles. The van der Waals surface area contributed by atoms with Crippen molar-refractivity contribution in [3.8, 4) is 0 Å². The lowest BCUT2D eigenvalue weighted by atomic mass is 9.99. The average Bonchev–Trinajstić information content (AvgIpc) is 2.33. The van der Waals surface area contributed by atoms with Crippen molar-refractivity contribution >= 4 is 17.5 Å². The fraction of sp³-hybridized carbons (Fsp3) is 0.625. The van der Waals surface area contributed by atoms with E-state index in [9.17, 15) is 14.4 Å². The van der Waals surface area contributed by atoms with Gasteiger partial charge in [0.2, 0.25) is 0 Å². The molecule has 0 aromatic rings. The van der Waals surface area contributed by atoms with Crippen LogP contribution in [0.1, 0.15) is 25.7 Å². The van der Waals surface area contributed by atoms with Crippen molar-refractivity contribution in [3.05, 3.63) is 0 Å². The summed E-state index contributed by atoms with van der Waals surface area (Å²) in [6.45, 7) is 0. The number of ketones is 2. The van der Waals surface area contributed by atoms with Crippen LogP contribution < -0.4 is 0 Å². The van der Waals surface area contributed by atoms with Gasteiger partial charge < -0.3 is 5.11 Å². The Morgan fingerprint density at radius 1 is 1.50 bits per heavy atom. The quantitative estimate of drug-likeness (QED) is 0.622. The summed E-state index contributed by atoms with van der Waals surface area (Å²) in [7, 11) is 0. The summed E-state index contributed by atoms with van der Waals surface area (Å²) in [5, 5.41) is 8.30. The highest BCUT2D eigenvalue weighted by molar-refractivity contribution is 6.08. The highest BCUT2D eigenvalue weighted by Gasteiger charge is 2.31. The number of carbonyl (C=O) groups excluding carboxylic acids is 2. The van der Waals surface area contributed by atoms with E-state index in [1.165, 1.54) is 0 Å². The van der Waals surface area contributed by atoms with Gasteiger partial charge >= 0.3 is 5.97 Å². The van der Waals surface area contributed by atoms with E-state index in [1.54, 1.807) is 0 Å². The van der Waals surface area contributed by atoms with Gasteiger partial charge in [0.25, 0.3) is 0 Å². The SMILES string of the molecule is O=C(O)CC(=O)C1CCCC1=O. The van der Waals surface area contributed by atoms with E-state index in [1.807, 2.05) is 0 Å². The minimum absolute atomic E-state index is 0.0961. The van der Waals surface area contributed by atoms with Crippen LogP contribution in [0.3, 0.4) is 0 Å². The van der Waals surface area contributed by atoms with Crippen LogP contribution in [0.25, 0.3) is 0 Å². The van der Waals surface area contributed by atoms with Crippen LogP contribution in [0.2, 0.25) is 0 Å². The fourth-order valence-electron chi connectivity index (χ4n) is 1.43. The van der Waals surface area contributed by atoms with Gasteiger partial charge in [0.05, 0.1) is 5.92 Å². The van der Waals surface area contributed by atoms with Crippen molar-refractivity contribution < 1.29 is 19.5 Å². The third-order valence-corrected chi connectivity index (χ3v) is 2.02. The molecule has 1 aliphatic carbocycles. The topological polar surface area (TPSA) is 71.4 Å². The van der Waals surface area contributed by atoms with Gasteiger partial charge in [-0.3, -0.25) is 14.4 Å². The van der Waals surface area contributed by atoms with E-state index in [0.29, 0.717) is 12.8 Å². The van der Waals surface area contributed by atoms with Crippen LogP contribution in [0.5, 0.6) is 0 Å². The summed E-state index contributed by atoms with van der Waals surface area (Å²) < 4.78 is 0. The molecule has 0 amide bonds.